The Kier molecular flexibility index (Phi) is 3.95. The number of rotatable bonds is 3. The highest BCUT2D eigenvalue weighted by Gasteiger charge is 2.30. The molecule has 1 N–H and O–H groups in total. The average Bonchev–Trinajstić information content (AvgIpc) is 2.68. The third kappa shape index (κ3) is 2.98. The molecule has 1 saturated heterocycles. The van der Waals surface area contributed by atoms with Gasteiger partial charge in [-0.15, -0.1) is 11.6 Å². The molecule has 0 spiro atoms. The van der Waals surface area contributed by atoms with E-state index in [9.17, 15) is 9.59 Å². The second-order valence-corrected chi connectivity index (χ2v) is 4.99. The van der Waals surface area contributed by atoms with Gasteiger partial charge >= 0.3 is 0 Å². The maximum absolute atomic E-state index is 11.9. The van der Waals surface area contributed by atoms with E-state index < -0.39 is 0 Å². The molecule has 1 atom stereocenters. The van der Waals surface area contributed by atoms with Crippen LogP contribution in [0.3, 0.4) is 0 Å². The van der Waals surface area contributed by atoms with Crippen LogP contribution < -0.4 is 15.0 Å². The van der Waals surface area contributed by atoms with Crippen molar-refractivity contribution in [3.05, 3.63) is 18.2 Å². The molecule has 19 heavy (non-hydrogen) atoms. The zero-order valence-electron chi connectivity index (χ0n) is 10.8. The predicted octanol–water partition coefficient (Wildman–Crippen LogP) is 2.00. The molecule has 6 heteroatoms. The fourth-order valence-electron chi connectivity index (χ4n) is 2.05. The first-order valence-corrected chi connectivity index (χ1v) is 6.35. The average molecular weight is 283 g/mol. The first kappa shape index (κ1) is 13.7. The lowest BCUT2D eigenvalue weighted by Gasteiger charge is -2.20. The van der Waals surface area contributed by atoms with E-state index in [4.69, 9.17) is 16.3 Å². The van der Waals surface area contributed by atoms with E-state index in [2.05, 4.69) is 5.32 Å². The van der Waals surface area contributed by atoms with Gasteiger partial charge in [0, 0.05) is 26.0 Å². The van der Waals surface area contributed by atoms with Crippen molar-refractivity contribution in [2.45, 2.75) is 18.7 Å². The highest BCUT2D eigenvalue weighted by atomic mass is 35.5. The van der Waals surface area contributed by atoms with E-state index in [1.807, 2.05) is 0 Å². The highest BCUT2D eigenvalue weighted by Crippen LogP contribution is 2.34. The number of ether oxygens (including phenoxy) is 1. The molecule has 2 amide bonds. The molecule has 5 nitrogen and oxygen atoms in total. The summed E-state index contributed by atoms with van der Waals surface area (Å²) < 4.78 is 5.15. The number of nitrogens with one attached hydrogen (secondary N) is 1. The minimum absolute atomic E-state index is 0.0557. The Morgan fingerprint density at radius 2 is 2.26 bits per heavy atom. The summed E-state index contributed by atoms with van der Waals surface area (Å²) >= 11 is 6.00. The topological polar surface area (TPSA) is 58.6 Å². The van der Waals surface area contributed by atoms with E-state index in [1.54, 1.807) is 30.2 Å². The third-order valence-corrected chi connectivity index (χ3v) is 3.18. The molecular weight excluding hydrogens is 268 g/mol. The van der Waals surface area contributed by atoms with E-state index in [-0.39, 0.29) is 17.2 Å². The van der Waals surface area contributed by atoms with Crippen LogP contribution in [0.5, 0.6) is 5.75 Å². The van der Waals surface area contributed by atoms with Gasteiger partial charge < -0.3 is 15.0 Å². The number of nitrogens with zero attached hydrogens (tertiary/aromatic N) is 1. The van der Waals surface area contributed by atoms with Gasteiger partial charge in [0.05, 0.1) is 23.9 Å². The van der Waals surface area contributed by atoms with E-state index >= 15 is 0 Å². The second kappa shape index (κ2) is 5.48. The van der Waals surface area contributed by atoms with E-state index in [1.165, 1.54) is 6.92 Å². The summed E-state index contributed by atoms with van der Waals surface area (Å²) in [6, 6.07) is 5.16. The Labute approximate surface area is 116 Å². The largest absolute Gasteiger partial charge is 0.497 e. The molecule has 1 unspecified atom stereocenters. The van der Waals surface area contributed by atoms with Gasteiger partial charge in [0.25, 0.3) is 0 Å². The number of hydrogen-bond donors (Lipinski definition) is 1. The summed E-state index contributed by atoms with van der Waals surface area (Å²) in [5, 5.41) is 2.50. The Hall–Kier alpha value is -1.75. The van der Waals surface area contributed by atoms with Crippen LogP contribution >= 0.6 is 11.6 Å². The number of methoxy groups -OCH3 is 1. The molecule has 1 aromatic carbocycles. The fourth-order valence-corrected chi connectivity index (χ4v) is 2.32. The normalized spacial score (nSPS) is 18.6. The predicted molar refractivity (Wildman–Crippen MR) is 73.9 cm³/mol. The molecule has 1 heterocycles. The van der Waals surface area contributed by atoms with E-state index in [0.29, 0.717) is 30.1 Å². The summed E-state index contributed by atoms with van der Waals surface area (Å²) in [7, 11) is 1.55. The molecule has 0 saturated carbocycles. The van der Waals surface area contributed by atoms with Crippen LogP contribution in [0.15, 0.2) is 18.2 Å². The van der Waals surface area contributed by atoms with Crippen LogP contribution in [0.1, 0.15) is 13.3 Å². The molecule has 1 aliphatic heterocycles. The summed E-state index contributed by atoms with van der Waals surface area (Å²) in [6.07, 6.45) is 0.304. The lowest BCUT2D eigenvalue weighted by Crippen LogP contribution is -2.26. The quantitative estimate of drug-likeness (QED) is 0.863. The highest BCUT2D eigenvalue weighted by molar-refractivity contribution is 6.24. The maximum Gasteiger partial charge on any atom is 0.228 e. The number of alkyl halides is 1. The molecule has 0 radical (unpaired) electrons. The first-order valence-electron chi connectivity index (χ1n) is 5.91. The molecule has 2 rings (SSSR count). The van der Waals surface area contributed by atoms with Gasteiger partial charge in [0.2, 0.25) is 11.8 Å². The van der Waals surface area contributed by atoms with Crippen LogP contribution in [0.2, 0.25) is 0 Å². The van der Waals surface area contributed by atoms with Gasteiger partial charge in [-0.2, -0.15) is 0 Å². The molecule has 1 aliphatic rings. The minimum Gasteiger partial charge on any atom is -0.497 e. The lowest BCUT2D eigenvalue weighted by atomic mass is 10.2. The van der Waals surface area contributed by atoms with Crippen LogP contribution in [-0.2, 0) is 9.59 Å². The standard InChI is InChI=1S/C13H15ClN2O3/c1-8(17)15-11-4-3-10(19-2)6-12(11)16-7-9(14)5-13(16)18/h3-4,6,9H,5,7H2,1-2H3,(H,15,17). The number of anilines is 2. The van der Waals surface area contributed by atoms with Crippen molar-refractivity contribution in [3.63, 3.8) is 0 Å². The smallest absolute Gasteiger partial charge is 0.228 e. The second-order valence-electron chi connectivity index (χ2n) is 4.37. The van der Waals surface area contributed by atoms with Crippen molar-refractivity contribution in [2.75, 3.05) is 23.9 Å². The maximum atomic E-state index is 11.9. The van der Waals surface area contributed by atoms with Crippen LogP contribution in [-0.4, -0.2) is 30.8 Å². The number of amides is 2. The Morgan fingerprint density at radius 3 is 2.79 bits per heavy atom. The summed E-state index contributed by atoms with van der Waals surface area (Å²) in [6.45, 7) is 1.85. The van der Waals surface area contributed by atoms with Crippen molar-refractivity contribution < 1.29 is 14.3 Å². The van der Waals surface area contributed by atoms with Gasteiger partial charge in [-0.1, -0.05) is 0 Å². The fraction of sp³-hybridized carbons (Fsp3) is 0.385. The Morgan fingerprint density at radius 1 is 1.53 bits per heavy atom. The summed E-state index contributed by atoms with van der Waals surface area (Å²) in [5.41, 5.74) is 1.19. The van der Waals surface area contributed by atoms with E-state index in [0.717, 1.165) is 0 Å². The third-order valence-electron chi connectivity index (χ3n) is 2.88. The summed E-state index contributed by atoms with van der Waals surface area (Å²) in [4.78, 5) is 24.7. The SMILES string of the molecule is COc1ccc(NC(C)=O)c(N2CC(Cl)CC2=O)c1. The minimum atomic E-state index is -0.205. The number of carbonyl (C=O) groups excluding carboxylic acids is 2. The van der Waals surface area contributed by atoms with Crippen LogP contribution in [0, 0.1) is 0 Å². The van der Waals surface area contributed by atoms with Gasteiger partial charge in [-0.3, -0.25) is 9.59 Å². The zero-order chi connectivity index (χ0) is 14.0. The van der Waals surface area contributed by atoms with Crippen molar-refractivity contribution in [3.8, 4) is 5.75 Å². The molecule has 0 aliphatic carbocycles. The molecule has 0 bridgehead atoms. The number of halogens is 1. The number of carbonyl (C=O) groups is 2. The molecular formula is C13H15ClN2O3. The first-order chi connectivity index (χ1) is 9.01. The molecule has 102 valence electrons. The van der Waals surface area contributed by atoms with Crippen molar-refractivity contribution >= 4 is 34.8 Å². The van der Waals surface area contributed by atoms with Gasteiger partial charge in [-0.05, 0) is 12.1 Å². The Bertz CT molecular complexity index is 519. The van der Waals surface area contributed by atoms with Crippen LogP contribution in [0.25, 0.3) is 0 Å². The van der Waals surface area contributed by atoms with Gasteiger partial charge in [-0.25, -0.2) is 0 Å². The Balaban J connectivity index is 2.40. The number of benzene rings is 1. The molecule has 0 aromatic heterocycles. The van der Waals surface area contributed by atoms with Gasteiger partial charge in [0.15, 0.2) is 0 Å². The monoisotopic (exact) mass is 282 g/mol. The van der Waals surface area contributed by atoms with Crippen molar-refractivity contribution in [1.82, 2.24) is 0 Å². The number of hydrogen-bond acceptors (Lipinski definition) is 3. The van der Waals surface area contributed by atoms with Crippen molar-refractivity contribution in [1.29, 1.82) is 0 Å². The summed E-state index contributed by atoms with van der Waals surface area (Å²) in [5.74, 6) is 0.371. The van der Waals surface area contributed by atoms with Crippen LogP contribution in [0.4, 0.5) is 11.4 Å². The zero-order valence-corrected chi connectivity index (χ0v) is 11.5. The molecule has 1 aromatic rings. The lowest BCUT2D eigenvalue weighted by molar-refractivity contribution is -0.117. The van der Waals surface area contributed by atoms with Crippen molar-refractivity contribution in [2.24, 2.45) is 0 Å². The molecule has 1 fully saturated rings. The van der Waals surface area contributed by atoms with Gasteiger partial charge in [0.1, 0.15) is 5.75 Å².